The van der Waals surface area contributed by atoms with Crippen molar-refractivity contribution in [3.63, 3.8) is 0 Å². The van der Waals surface area contributed by atoms with E-state index in [-0.39, 0.29) is 17.4 Å². The van der Waals surface area contributed by atoms with Crippen molar-refractivity contribution in [3.05, 3.63) is 64.1 Å². The summed E-state index contributed by atoms with van der Waals surface area (Å²) in [5, 5.41) is 0.596. The molecule has 6 heteroatoms. The summed E-state index contributed by atoms with van der Waals surface area (Å²) in [5.41, 5.74) is 0.583. The molecule has 6 nitrogen and oxygen atoms in total. The number of nitrogens with one attached hydrogen (secondary N) is 1. The topological polar surface area (TPSA) is 79.2 Å². The van der Waals surface area contributed by atoms with Crippen molar-refractivity contribution >= 4 is 16.8 Å². The Bertz CT molecular complexity index is 1020. The number of hydrogen-bond acceptors (Lipinski definition) is 4. The summed E-state index contributed by atoms with van der Waals surface area (Å²) in [5.74, 6) is 2.57. The van der Waals surface area contributed by atoms with E-state index >= 15 is 0 Å². The van der Waals surface area contributed by atoms with E-state index < -0.39 is 0 Å². The van der Waals surface area contributed by atoms with Gasteiger partial charge in [-0.15, -0.1) is 0 Å². The first-order valence-corrected chi connectivity index (χ1v) is 9.42. The Morgan fingerprint density at radius 3 is 2.96 bits per heavy atom. The third kappa shape index (κ3) is 3.79. The number of benzene rings is 1. The molecule has 0 unspecified atom stereocenters. The molecule has 3 heterocycles. The largest absolute Gasteiger partial charge is 0.466 e. The Kier molecular flexibility index (Phi) is 4.79. The first-order valence-electron chi connectivity index (χ1n) is 9.42. The quantitative estimate of drug-likeness (QED) is 0.770. The minimum absolute atomic E-state index is 0.0610. The number of carbonyl (C=O) groups is 1. The van der Waals surface area contributed by atoms with Crippen LogP contribution in [0.5, 0.6) is 0 Å². The lowest BCUT2D eigenvalue weighted by Crippen LogP contribution is -2.40. The first kappa shape index (κ1) is 17.5. The summed E-state index contributed by atoms with van der Waals surface area (Å²) in [7, 11) is 0. The smallest absolute Gasteiger partial charge is 0.258 e. The summed E-state index contributed by atoms with van der Waals surface area (Å²) in [4.78, 5) is 34.4. The van der Waals surface area contributed by atoms with Gasteiger partial charge in [-0.25, -0.2) is 4.98 Å². The van der Waals surface area contributed by atoms with Gasteiger partial charge < -0.3 is 14.3 Å². The number of likely N-dealkylation sites (tertiary alicyclic amines) is 1. The van der Waals surface area contributed by atoms with Gasteiger partial charge in [0.15, 0.2) is 0 Å². The first-order chi connectivity index (χ1) is 13.1. The molecule has 1 amide bonds. The number of para-hydroxylation sites is 1. The summed E-state index contributed by atoms with van der Waals surface area (Å²) in [6, 6.07) is 11.2. The number of fused-ring (bicyclic) bond motifs is 1. The van der Waals surface area contributed by atoms with Crippen molar-refractivity contribution in [2.75, 3.05) is 13.1 Å². The van der Waals surface area contributed by atoms with Crippen LogP contribution in [-0.4, -0.2) is 33.9 Å². The zero-order chi connectivity index (χ0) is 18.8. The third-order valence-corrected chi connectivity index (χ3v) is 5.17. The van der Waals surface area contributed by atoms with Gasteiger partial charge in [-0.1, -0.05) is 12.1 Å². The van der Waals surface area contributed by atoms with E-state index in [0.717, 1.165) is 30.9 Å². The molecule has 27 heavy (non-hydrogen) atoms. The van der Waals surface area contributed by atoms with Crippen molar-refractivity contribution in [2.24, 2.45) is 0 Å². The van der Waals surface area contributed by atoms with Crippen LogP contribution >= 0.6 is 0 Å². The zero-order valence-corrected chi connectivity index (χ0v) is 15.4. The van der Waals surface area contributed by atoms with Gasteiger partial charge >= 0.3 is 0 Å². The van der Waals surface area contributed by atoms with Gasteiger partial charge in [-0.05, 0) is 44.0 Å². The highest BCUT2D eigenvalue weighted by Gasteiger charge is 2.26. The molecule has 1 N–H and O–H groups in total. The Labute approximate surface area is 157 Å². The number of hydrogen-bond donors (Lipinski definition) is 1. The maximum atomic E-state index is 12.6. The van der Waals surface area contributed by atoms with Gasteiger partial charge in [0.05, 0.1) is 10.9 Å². The van der Waals surface area contributed by atoms with Crippen LogP contribution in [0.4, 0.5) is 0 Å². The number of aromatic amines is 1. The molecule has 1 aromatic carbocycles. The monoisotopic (exact) mass is 365 g/mol. The van der Waals surface area contributed by atoms with Gasteiger partial charge in [-0.2, -0.15) is 0 Å². The molecular formula is C21H23N3O3. The highest BCUT2D eigenvalue weighted by atomic mass is 16.3. The average Bonchev–Trinajstić information content (AvgIpc) is 3.11. The molecule has 1 saturated heterocycles. The van der Waals surface area contributed by atoms with Crippen LogP contribution < -0.4 is 5.56 Å². The van der Waals surface area contributed by atoms with Gasteiger partial charge in [0.25, 0.3) is 5.56 Å². The highest BCUT2D eigenvalue weighted by Crippen LogP contribution is 2.25. The zero-order valence-electron chi connectivity index (χ0n) is 15.4. The maximum Gasteiger partial charge on any atom is 0.258 e. The Balaban J connectivity index is 1.46. The molecule has 3 aromatic rings. The predicted molar refractivity (Wildman–Crippen MR) is 103 cm³/mol. The Morgan fingerprint density at radius 2 is 2.15 bits per heavy atom. The van der Waals surface area contributed by atoms with Crippen LogP contribution in [-0.2, 0) is 11.2 Å². The number of rotatable bonds is 4. The van der Waals surface area contributed by atoms with Crippen LogP contribution in [0.2, 0.25) is 0 Å². The minimum atomic E-state index is -0.118. The summed E-state index contributed by atoms with van der Waals surface area (Å²) < 4.78 is 5.55. The SMILES string of the molecule is Cc1ccc(CCC(=O)N2CCC[C@H](c3nc4ccccc4c(=O)[nH]3)C2)o1. The van der Waals surface area contributed by atoms with Crippen molar-refractivity contribution in [1.82, 2.24) is 14.9 Å². The van der Waals surface area contributed by atoms with Crippen molar-refractivity contribution in [3.8, 4) is 0 Å². The lowest BCUT2D eigenvalue weighted by molar-refractivity contribution is -0.132. The second-order valence-electron chi connectivity index (χ2n) is 7.16. The molecule has 4 rings (SSSR count). The molecular weight excluding hydrogens is 342 g/mol. The summed E-state index contributed by atoms with van der Waals surface area (Å²) >= 11 is 0. The number of amides is 1. The number of H-pyrrole nitrogens is 1. The van der Waals surface area contributed by atoms with E-state index in [1.165, 1.54) is 0 Å². The van der Waals surface area contributed by atoms with E-state index in [1.54, 1.807) is 6.07 Å². The number of piperidine rings is 1. The maximum absolute atomic E-state index is 12.6. The van der Waals surface area contributed by atoms with Gasteiger partial charge in [0, 0.05) is 31.8 Å². The van der Waals surface area contributed by atoms with E-state index in [2.05, 4.69) is 9.97 Å². The van der Waals surface area contributed by atoms with Gasteiger partial charge in [0.1, 0.15) is 17.3 Å². The fraction of sp³-hybridized carbons (Fsp3) is 0.381. The van der Waals surface area contributed by atoms with Crippen LogP contribution in [0.1, 0.15) is 42.5 Å². The van der Waals surface area contributed by atoms with Crippen LogP contribution in [0.25, 0.3) is 10.9 Å². The molecule has 0 aliphatic carbocycles. The second-order valence-corrected chi connectivity index (χ2v) is 7.16. The summed E-state index contributed by atoms with van der Waals surface area (Å²) in [6.07, 6.45) is 2.87. The normalized spacial score (nSPS) is 17.4. The van der Waals surface area contributed by atoms with Crippen LogP contribution in [0, 0.1) is 6.92 Å². The Morgan fingerprint density at radius 1 is 1.30 bits per heavy atom. The van der Waals surface area contributed by atoms with Crippen molar-refractivity contribution in [2.45, 2.75) is 38.5 Å². The fourth-order valence-corrected chi connectivity index (χ4v) is 3.73. The number of aryl methyl sites for hydroxylation is 2. The van der Waals surface area contributed by atoms with E-state index in [0.29, 0.717) is 36.1 Å². The number of nitrogens with zero attached hydrogens (tertiary/aromatic N) is 2. The molecule has 1 atom stereocenters. The van der Waals surface area contributed by atoms with E-state index in [4.69, 9.17) is 4.42 Å². The molecule has 0 bridgehead atoms. The molecule has 140 valence electrons. The lowest BCUT2D eigenvalue weighted by Gasteiger charge is -2.32. The standard InChI is InChI=1S/C21H23N3O3/c1-14-8-9-16(27-14)10-11-19(25)24-12-4-5-15(13-24)20-22-18-7-3-2-6-17(18)21(26)23-20/h2-3,6-9,15H,4-5,10-13H2,1H3,(H,22,23,26)/t15-/m0/s1. The molecule has 0 radical (unpaired) electrons. The molecule has 1 aliphatic heterocycles. The fourth-order valence-electron chi connectivity index (χ4n) is 3.73. The van der Waals surface area contributed by atoms with Crippen molar-refractivity contribution in [1.29, 1.82) is 0 Å². The molecule has 0 saturated carbocycles. The van der Waals surface area contributed by atoms with E-state index in [1.807, 2.05) is 42.2 Å². The number of carbonyl (C=O) groups excluding carboxylic acids is 1. The highest BCUT2D eigenvalue weighted by molar-refractivity contribution is 5.77. The predicted octanol–water partition coefficient (Wildman–Crippen LogP) is 3.16. The average molecular weight is 365 g/mol. The van der Waals surface area contributed by atoms with Crippen molar-refractivity contribution < 1.29 is 9.21 Å². The number of furan rings is 1. The third-order valence-electron chi connectivity index (χ3n) is 5.17. The summed E-state index contributed by atoms with van der Waals surface area (Å²) in [6.45, 7) is 3.25. The molecule has 0 spiro atoms. The van der Waals surface area contributed by atoms with Crippen LogP contribution in [0.15, 0.2) is 45.6 Å². The molecule has 1 aliphatic rings. The van der Waals surface area contributed by atoms with E-state index in [9.17, 15) is 9.59 Å². The Hall–Kier alpha value is -2.89. The second kappa shape index (κ2) is 7.39. The molecule has 1 fully saturated rings. The van der Waals surface area contributed by atoms with Gasteiger partial charge in [-0.3, -0.25) is 9.59 Å². The minimum Gasteiger partial charge on any atom is -0.466 e. The lowest BCUT2D eigenvalue weighted by atomic mass is 9.96. The number of aromatic nitrogens is 2. The van der Waals surface area contributed by atoms with Gasteiger partial charge in [0.2, 0.25) is 5.91 Å². The van der Waals surface area contributed by atoms with Crippen LogP contribution in [0.3, 0.4) is 0 Å². The molecule has 2 aromatic heterocycles.